The summed E-state index contributed by atoms with van der Waals surface area (Å²) in [5.74, 6) is -0.634. The zero-order valence-corrected chi connectivity index (χ0v) is 12.0. The van der Waals surface area contributed by atoms with E-state index in [-0.39, 0.29) is 11.7 Å². The average molecular weight is 286 g/mol. The molecule has 2 aromatic rings. The molecule has 0 bridgehead atoms. The quantitative estimate of drug-likeness (QED) is 0.887. The molecule has 21 heavy (non-hydrogen) atoms. The van der Waals surface area contributed by atoms with E-state index in [9.17, 15) is 9.18 Å². The van der Waals surface area contributed by atoms with Crippen LogP contribution in [-0.2, 0) is 11.2 Å². The van der Waals surface area contributed by atoms with Crippen LogP contribution in [0, 0.1) is 12.7 Å². The van der Waals surface area contributed by atoms with Crippen molar-refractivity contribution in [2.45, 2.75) is 25.8 Å². The molecule has 1 unspecified atom stereocenters. The topological polar surface area (TPSA) is 55.1 Å². The zero-order valence-electron chi connectivity index (χ0n) is 12.0. The summed E-state index contributed by atoms with van der Waals surface area (Å²) in [7, 11) is 0. The van der Waals surface area contributed by atoms with Crippen molar-refractivity contribution in [2.75, 3.05) is 5.32 Å². The number of nitrogens with one attached hydrogen (secondary N) is 1. The number of hydrogen-bond donors (Lipinski definition) is 2. The summed E-state index contributed by atoms with van der Waals surface area (Å²) in [5, 5.41) is 2.68. The lowest BCUT2D eigenvalue weighted by atomic mass is 10.1. The van der Waals surface area contributed by atoms with Gasteiger partial charge in [0, 0.05) is 11.3 Å². The smallest absolute Gasteiger partial charge is 0.241 e. The van der Waals surface area contributed by atoms with Crippen LogP contribution in [0.3, 0.4) is 0 Å². The van der Waals surface area contributed by atoms with Gasteiger partial charge in [-0.25, -0.2) is 4.39 Å². The Balaban J connectivity index is 1.92. The van der Waals surface area contributed by atoms with E-state index in [1.807, 2.05) is 30.3 Å². The van der Waals surface area contributed by atoms with E-state index in [0.29, 0.717) is 17.7 Å². The zero-order chi connectivity index (χ0) is 15.2. The lowest BCUT2D eigenvalue weighted by Gasteiger charge is -2.14. The van der Waals surface area contributed by atoms with Gasteiger partial charge in [-0.15, -0.1) is 0 Å². The van der Waals surface area contributed by atoms with Gasteiger partial charge in [-0.3, -0.25) is 4.79 Å². The number of rotatable bonds is 5. The monoisotopic (exact) mass is 286 g/mol. The summed E-state index contributed by atoms with van der Waals surface area (Å²) in [4.78, 5) is 12.0. The van der Waals surface area contributed by atoms with Crippen LogP contribution in [-0.4, -0.2) is 11.9 Å². The molecule has 1 amide bonds. The number of hydrogen-bond acceptors (Lipinski definition) is 2. The second-order valence-electron chi connectivity index (χ2n) is 5.03. The Morgan fingerprint density at radius 3 is 2.62 bits per heavy atom. The Morgan fingerprint density at radius 1 is 1.19 bits per heavy atom. The van der Waals surface area contributed by atoms with Crippen molar-refractivity contribution in [1.29, 1.82) is 0 Å². The number of nitrogens with two attached hydrogens (primary N) is 1. The third-order valence-electron chi connectivity index (χ3n) is 3.45. The third kappa shape index (κ3) is 4.13. The average Bonchev–Trinajstić information content (AvgIpc) is 2.50. The fourth-order valence-electron chi connectivity index (χ4n) is 2.07. The first-order valence-electron chi connectivity index (χ1n) is 6.93. The molecule has 0 saturated carbocycles. The Kier molecular flexibility index (Phi) is 5.06. The fraction of sp³-hybridized carbons (Fsp3) is 0.235. The van der Waals surface area contributed by atoms with Crippen LogP contribution in [0.5, 0.6) is 0 Å². The minimum Gasteiger partial charge on any atom is -0.324 e. The molecule has 0 aliphatic carbocycles. The van der Waals surface area contributed by atoms with E-state index in [1.165, 1.54) is 6.07 Å². The lowest BCUT2D eigenvalue weighted by Crippen LogP contribution is -2.36. The second kappa shape index (κ2) is 6.99. The molecule has 2 aromatic carbocycles. The maximum absolute atomic E-state index is 13.4. The summed E-state index contributed by atoms with van der Waals surface area (Å²) in [6.07, 6.45) is 1.28. The van der Waals surface area contributed by atoms with Crippen LogP contribution in [0.25, 0.3) is 0 Å². The van der Waals surface area contributed by atoms with E-state index in [0.717, 1.165) is 12.0 Å². The van der Waals surface area contributed by atoms with Crippen LogP contribution in [0.15, 0.2) is 48.5 Å². The van der Waals surface area contributed by atoms with E-state index in [4.69, 9.17) is 5.73 Å². The predicted octanol–water partition coefficient (Wildman–Crippen LogP) is 3.03. The fourth-order valence-corrected chi connectivity index (χ4v) is 2.07. The minimum atomic E-state index is -0.618. The van der Waals surface area contributed by atoms with Gasteiger partial charge in [0.2, 0.25) is 5.91 Å². The number of aryl methyl sites for hydroxylation is 1. The van der Waals surface area contributed by atoms with Crippen molar-refractivity contribution in [3.05, 3.63) is 65.5 Å². The molecule has 0 radical (unpaired) electrons. The summed E-state index contributed by atoms with van der Waals surface area (Å²) < 4.78 is 13.4. The molecule has 0 fully saturated rings. The van der Waals surface area contributed by atoms with Crippen LogP contribution in [0.4, 0.5) is 10.1 Å². The standard InChI is InChI=1S/C17H19FN2O/c1-12-14(18)8-5-9-16(12)20-17(21)15(19)11-10-13-6-3-2-4-7-13/h2-9,15H,10-11,19H2,1H3,(H,20,21). The van der Waals surface area contributed by atoms with Gasteiger partial charge in [0.1, 0.15) is 5.82 Å². The summed E-state index contributed by atoms with van der Waals surface area (Å²) in [6, 6.07) is 13.8. The van der Waals surface area contributed by atoms with Crippen molar-refractivity contribution in [3.8, 4) is 0 Å². The molecule has 0 saturated heterocycles. The molecule has 1 atom stereocenters. The van der Waals surface area contributed by atoms with Gasteiger partial charge >= 0.3 is 0 Å². The van der Waals surface area contributed by atoms with Crippen LogP contribution >= 0.6 is 0 Å². The predicted molar refractivity (Wildman–Crippen MR) is 82.5 cm³/mol. The minimum absolute atomic E-state index is 0.292. The van der Waals surface area contributed by atoms with Gasteiger partial charge in [0.25, 0.3) is 0 Å². The number of halogens is 1. The number of anilines is 1. The molecule has 0 heterocycles. The van der Waals surface area contributed by atoms with Gasteiger partial charge in [0.15, 0.2) is 0 Å². The normalized spacial score (nSPS) is 12.0. The first-order chi connectivity index (χ1) is 10.1. The van der Waals surface area contributed by atoms with Crippen LogP contribution in [0.2, 0.25) is 0 Å². The lowest BCUT2D eigenvalue weighted by molar-refractivity contribution is -0.117. The Bertz CT molecular complexity index is 613. The van der Waals surface area contributed by atoms with Crippen molar-refractivity contribution in [3.63, 3.8) is 0 Å². The SMILES string of the molecule is Cc1c(F)cccc1NC(=O)C(N)CCc1ccccc1. The molecule has 110 valence electrons. The first-order valence-corrected chi connectivity index (χ1v) is 6.93. The molecule has 3 N–H and O–H groups in total. The van der Waals surface area contributed by atoms with Gasteiger partial charge in [0.05, 0.1) is 6.04 Å². The Morgan fingerprint density at radius 2 is 1.90 bits per heavy atom. The van der Waals surface area contributed by atoms with Crippen molar-refractivity contribution < 1.29 is 9.18 Å². The van der Waals surface area contributed by atoms with E-state index >= 15 is 0 Å². The van der Waals surface area contributed by atoms with Gasteiger partial charge < -0.3 is 11.1 Å². The molecule has 0 aliphatic heterocycles. The first kappa shape index (κ1) is 15.2. The number of amides is 1. The number of carbonyl (C=O) groups excluding carboxylic acids is 1. The van der Waals surface area contributed by atoms with E-state index < -0.39 is 6.04 Å². The van der Waals surface area contributed by atoms with Gasteiger partial charge in [-0.2, -0.15) is 0 Å². The highest BCUT2D eigenvalue weighted by Crippen LogP contribution is 2.17. The number of benzene rings is 2. The molecule has 0 aliphatic rings. The molecule has 0 spiro atoms. The number of carbonyl (C=O) groups is 1. The van der Waals surface area contributed by atoms with E-state index in [1.54, 1.807) is 19.1 Å². The highest BCUT2D eigenvalue weighted by molar-refractivity contribution is 5.95. The van der Waals surface area contributed by atoms with Crippen LogP contribution < -0.4 is 11.1 Å². The van der Waals surface area contributed by atoms with Crippen LogP contribution in [0.1, 0.15) is 17.5 Å². The Hall–Kier alpha value is -2.20. The van der Waals surface area contributed by atoms with Crippen molar-refractivity contribution in [1.82, 2.24) is 0 Å². The molecule has 2 rings (SSSR count). The molecule has 0 aromatic heterocycles. The summed E-state index contributed by atoms with van der Waals surface area (Å²) >= 11 is 0. The van der Waals surface area contributed by atoms with Crippen molar-refractivity contribution >= 4 is 11.6 Å². The third-order valence-corrected chi connectivity index (χ3v) is 3.45. The van der Waals surface area contributed by atoms with Gasteiger partial charge in [-0.1, -0.05) is 36.4 Å². The van der Waals surface area contributed by atoms with Gasteiger partial charge in [-0.05, 0) is 37.5 Å². The molecular weight excluding hydrogens is 267 g/mol. The molecule has 4 heteroatoms. The Labute approximate surface area is 124 Å². The molecular formula is C17H19FN2O. The largest absolute Gasteiger partial charge is 0.324 e. The van der Waals surface area contributed by atoms with E-state index in [2.05, 4.69) is 5.32 Å². The maximum atomic E-state index is 13.4. The van der Waals surface area contributed by atoms with Crippen molar-refractivity contribution in [2.24, 2.45) is 5.73 Å². The highest BCUT2D eigenvalue weighted by atomic mass is 19.1. The summed E-state index contributed by atoms with van der Waals surface area (Å²) in [5.41, 5.74) is 7.92. The highest BCUT2D eigenvalue weighted by Gasteiger charge is 2.15. The summed E-state index contributed by atoms with van der Waals surface area (Å²) in [6.45, 7) is 1.63. The molecule has 3 nitrogen and oxygen atoms in total. The second-order valence-corrected chi connectivity index (χ2v) is 5.03. The maximum Gasteiger partial charge on any atom is 0.241 e.